The Hall–Kier alpha value is -8.71. The van der Waals surface area contributed by atoms with Crippen LogP contribution in [-0.4, -0.2) is 239 Å². The molecule has 34 nitrogen and oxygen atoms in total. The lowest BCUT2D eigenvalue weighted by Crippen LogP contribution is -2.37. The van der Waals surface area contributed by atoms with Crippen molar-refractivity contribution < 1.29 is 22.6 Å². The second kappa shape index (κ2) is 30.4. The van der Waals surface area contributed by atoms with Gasteiger partial charge in [0, 0.05) is 129 Å². The van der Waals surface area contributed by atoms with Crippen LogP contribution in [0.3, 0.4) is 0 Å². The van der Waals surface area contributed by atoms with Crippen LogP contribution in [0.1, 0.15) is 74.9 Å². The highest BCUT2D eigenvalue weighted by atomic mass is 35.5. The lowest BCUT2D eigenvalue weighted by molar-refractivity contribution is 0.122. The van der Waals surface area contributed by atoms with E-state index in [2.05, 4.69) is 73.8 Å². The molecule has 0 aromatic carbocycles. The van der Waals surface area contributed by atoms with Crippen molar-refractivity contribution in [3.8, 4) is 34.2 Å². The molecule has 3 atom stereocenters. The van der Waals surface area contributed by atoms with E-state index in [4.69, 9.17) is 94.4 Å². The fourth-order valence-corrected chi connectivity index (χ4v) is 15.6. The molecule has 0 spiro atoms. The van der Waals surface area contributed by atoms with E-state index in [1.807, 2.05) is 25.3 Å². The number of sulfone groups is 1. The first-order valence-corrected chi connectivity index (χ1v) is 38.9. The van der Waals surface area contributed by atoms with Gasteiger partial charge >= 0.3 is 0 Å². The molecule has 0 radical (unpaired) electrons. The zero-order chi connectivity index (χ0) is 71.9. The molecule has 15 heterocycles. The van der Waals surface area contributed by atoms with Crippen LogP contribution in [0.15, 0.2) is 18.6 Å². The third kappa shape index (κ3) is 16.2. The maximum absolute atomic E-state index is 11.9. The predicted octanol–water partition coefficient (Wildman–Crippen LogP) is 3.63. The van der Waals surface area contributed by atoms with Gasteiger partial charge in [-0.1, -0.05) is 0 Å². The first-order chi connectivity index (χ1) is 50.3. The Morgan fingerprint density at radius 1 is 0.452 bits per heavy atom. The molecule has 11 N–H and O–H groups in total. The number of anilines is 8. The first kappa shape index (κ1) is 70.9. The van der Waals surface area contributed by atoms with Crippen LogP contribution < -0.4 is 58.5 Å². The quantitative estimate of drug-likeness (QED) is 0.0752. The minimum absolute atomic E-state index is 0.0964. The highest BCUT2D eigenvalue weighted by Gasteiger charge is 2.36. The molecule has 0 amide bonds. The van der Waals surface area contributed by atoms with E-state index in [1.54, 1.807) is 18.6 Å². The number of hydrogen-bond acceptors (Lipinski definition) is 31. The van der Waals surface area contributed by atoms with Gasteiger partial charge in [0.05, 0.1) is 79.2 Å². The zero-order valence-electron chi connectivity index (χ0n) is 59.6. The summed E-state index contributed by atoms with van der Waals surface area (Å²) >= 11 is 6.50. The number of imidazole rings is 3. The summed E-state index contributed by atoms with van der Waals surface area (Å²) in [6.45, 7) is 21.9. The smallest absolute Gasteiger partial charge is 0.220 e. The number of fused-ring (bicyclic) bond motifs is 3. The van der Waals surface area contributed by atoms with E-state index in [9.17, 15) is 8.42 Å². The summed E-state index contributed by atoms with van der Waals surface area (Å²) in [5.41, 5.74) is 38.3. The topological polar surface area (TPSA) is 428 Å². The fraction of sp³-hybridized carbons (Fsp3) is 0.603. The molecule has 9 aromatic rings. The summed E-state index contributed by atoms with van der Waals surface area (Å²) in [5, 5.41) is 3.60. The normalized spacial score (nSPS) is 20.8. The number of ether oxygens (including phenoxy) is 3. The Morgan fingerprint density at radius 2 is 0.837 bits per heavy atom. The summed E-state index contributed by atoms with van der Waals surface area (Å²) in [7, 11) is -3.04. The number of nitrogens with one attached hydrogen (secondary N) is 1. The van der Waals surface area contributed by atoms with Crippen molar-refractivity contribution >= 4 is 102 Å². The van der Waals surface area contributed by atoms with Crippen LogP contribution in [0.25, 0.3) is 67.7 Å². The summed E-state index contributed by atoms with van der Waals surface area (Å²) in [6.07, 6.45) is 16.6. The van der Waals surface area contributed by atoms with Crippen molar-refractivity contribution in [1.29, 1.82) is 0 Å². The van der Waals surface area contributed by atoms with Crippen molar-refractivity contribution in [2.24, 2.45) is 35.1 Å². The minimum atomic E-state index is -3.04. The van der Waals surface area contributed by atoms with Gasteiger partial charge in [0.1, 0.15) is 9.84 Å². The predicted molar refractivity (Wildman–Crippen MR) is 399 cm³/mol. The Kier molecular flexibility index (Phi) is 20.7. The lowest BCUT2D eigenvalue weighted by Gasteiger charge is -2.28. The fourth-order valence-electron chi connectivity index (χ4n) is 14.3. The van der Waals surface area contributed by atoms with Crippen LogP contribution in [0.5, 0.6) is 0 Å². The van der Waals surface area contributed by atoms with Crippen LogP contribution >= 0.6 is 11.6 Å². The van der Waals surface area contributed by atoms with E-state index in [-0.39, 0.29) is 35.6 Å². The average Bonchev–Trinajstić information content (AvgIpc) is 1.59. The highest BCUT2D eigenvalue weighted by molar-refractivity contribution is 7.90. The molecule has 554 valence electrons. The molecule has 3 saturated carbocycles. The maximum atomic E-state index is 11.9. The third-order valence-electron chi connectivity index (χ3n) is 20.4. The Balaban J connectivity index is 0.000000121. The monoisotopic (exact) mass is 1460 g/mol. The molecule has 6 aliphatic heterocycles. The summed E-state index contributed by atoms with van der Waals surface area (Å²) < 4.78 is 47.1. The molecule has 6 saturated heterocycles. The van der Waals surface area contributed by atoms with Crippen molar-refractivity contribution in [2.45, 2.75) is 110 Å². The molecular formula is C68H94ClN29O5S. The standard InChI is InChI=1S/C24H33N9O3S.C22H30N10O.C18H21ClN8O.C4H10N2/c1-15-18(11-26-23(25)27-15)20-29-21(31-7-9-36-10-8-31)19-22(30-20)33(13-16-3-4-16)24(28-19)32-6-5-17(12-32)14-37(2,34)35;1-13-16(10-25-21(24)26-13)18-28-19(30-6-8-33-9-7-30)17-20(29-18)32(11-14-2-3-14)22(27-17)31-5-4-15(23)12-31;1-10-12(8-21-18(20)22-10)14-24-15(26-4-6-28-7-5-26)13-16(25-14)27(17(19)23-13)9-11-2-3-11;5-4-1-2-6-3-4/h11,16-17H,3-10,12-14H2,1-2H3,(H2,25,26,27);10,14-15H,2-9,11-12,23H2,1H3,(H2,24,25,26);8,11H,2-7,9H2,1H3,(H2,20,21,22);4,6H,1-3,5H2/t17-;15-;;4-/m11.1/s1. The molecule has 9 aromatic heterocycles. The van der Waals surface area contributed by atoms with Crippen LogP contribution in [0, 0.1) is 44.4 Å². The van der Waals surface area contributed by atoms with Crippen molar-refractivity contribution in [1.82, 2.24) is 93.8 Å². The molecular weight excluding hydrogens is 1370 g/mol. The second-order valence-electron chi connectivity index (χ2n) is 28.9. The number of aromatic nitrogens is 18. The molecule has 3 aliphatic carbocycles. The van der Waals surface area contributed by atoms with E-state index in [0.29, 0.717) is 106 Å². The van der Waals surface area contributed by atoms with Gasteiger partial charge in [0.2, 0.25) is 35.0 Å². The van der Waals surface area contributed by atoms with E-state index in [0.717, 1.165) is 194 Å². The number of hydrogen-bond donors (Lipinski definition) is 6. The Morgan fingerprint density at radius 3 is 1.18 bits per heavy atom. The van der Waals surface area contributed by atoms with Crippen LogP contribution in [0.2, 0.25) is 5.28 Å². The number of aryl methyl sites for hydroxylation is 3. The summed E-state index contributed by atoms with van der Waals surface area (Å²) in [4.78, 5) is 81.2. The molecule has 104 heavy (non-hydrogen) atoms. The van der Waals surface area contributed by atoms with Gasteiger partial charge in [-0.15, -0.1) is 0 Å². The van der Waals surface area contributed by atoms with E-state index < -0.39 is 9.84 Å². The molecule has 0 bridgehead atoms. The van der Waals surface area contributed by atoms with E-state index in [1.165, 1.54) is 44.8 Å². The highest BCUT2D eigenvalue weighted by Crippen LogP contribution is 2.41. The zero-order valence-corrected chi connectivity index (χ0v) is 61.2. The number of nitrogens with zero attached hydrogens (tertiary/aromatic N) is 23. The molecule has 18 rings (SSSR count). The Bertz CT molecular complexity index is 4690. The number of halogens is 1. The molecule has 9 aliphatic rings. The third-order valence-corrected chi connectivity index (χ3v) is 21.8. The van der Waals surface area contributed by atoms with Crippen molar-refractivity contribution in [3.63, 3.8) is 0 Å². The van der Waals surface area contributed by atoms with Gasteiger partial charge in [-0.25, -0.2) is 83.2 Å². The number of morpholine rings is 3. The van der Waals surface area contributed by atoms with Crippen LogP contribution in [0.4, 0.5) is 47.2 Å². The SMILES string of the molecule is Cc1nc(N)ncc1-c1nc(N2CCOCC2)c2nc(Cl)n(CC3CC3)c2n1.Cc1nc(N)ncc1-c1nc(N2CCOCC2)c2nc(N3CC[C@@H](CS(C)(=O)=O)C3)n(CC3CC3)c2n1.Cc1nc(N)ncc1-c1nc(N2CCOCC2)c2nc(N3CC[C@@H](N)C3)n(CC3CC3)c2n1.N[C@@H]1CCNC1. The second-order valence-corrected chi connectivity index (χ2v) is 31.4. The number of nitrogens with two attached hydrogens (primary N) is 5. The lowest BCUT2D eigenvalue weighted by atomic mass is 10.2. The van der Waals surface area contributed by atoms with Crippen molar-refractivity contribution in [3.05, 3.63) is 41.0 Å². The van der Waals surface area contributed by atoms with Gasteiger partial charge in [-0.2, -0.15) is 0 Å². The van der Waals surface area contributed by atoms with Crippen molar-refractivity contribution in [2.75, 3.05) is 172 Å². The summed E-state index contributed by atoms with van der Waals surface area (Å²) in [5.74, 6) is 8.81. The summed E-state index contributed by atoms with van der Waals surface area (Å²) in [6, 6.07) is 0.610. The van der Waals surface area contributed by atoms with Gasteiger partial charge in [-0.05, 0) is 120 Å². The number of nitrogen functional groups attached to an aromatic ring is 3. The van der Waals surface area contributed by atoms with Gasteiger partial charge in [-0.3, -0.25) is 13.7 Å². The molecule has 36 heteroatoms. The molecule has 9 fully saturated rings. The minimum Gasteiger partial charge on any atom is -0.378 e. The Labute approximate surface area is 608 Å². The van der Waals surface area contributed by atoms with Crippen LogP contribution in [-0.2, 0) is 43.7 Å². The van der Waals surface area contributed by atoms with Gasteiger partial charge in [0.15, 0.2) is 68.4 Å². The molecule has 0 unspecified atom stereocenters. The maximum Gasteiger partial charge on any atom is 0.220 e. The first-order valence-electron chi connectivity index (χ1n) is 36.5. The largest absolute Gasteiger partial charge is 0.378 e. The van der Waals surface area contributed by atoms with Gasteiger partial charge in [0.25, 0.3) is 0 Å². The van der Waals surface area contributed by atoms with E-state index >= 15 is 0 Å². The van der Waals surface area contributed by atoms with Gasteiger partial charge < -0.3 is 72.7 Å². The number of rotatable bonds is 16. The average molecular weight is 1470 g/mol.